The number of hydrogen-bond donors (Lipinski definition) is 3. The first-order valence-electron chi connectivity index (χ1n) is 10.4. The molecule has 156 valence electrons. The van der Waals surface area contributed by atoms with E-state index in [-0.39, 0.29) is 17.7 Å². The molecule has 0 spiro atoms. The molecule has 0 radical (unpaired) electrons. The maximum Gasteiger partial charge on any atom is 0.282 e. The summed E-state index contributed by atoms with van der Waals surface area (Å²) in [4.78, 5) is 31.7. The quantitative estimate of drug-likeness (QED) is 0.513. The summed E-state index contributed by atoms with van der Waals surface area (Å²) in [6, 6.07) is 15.3. The van der Waals surface area contributed by atoms with Crippen molar-refractivity contribution < 1.29 is 19.4 Å². The molecule has 1 aromatic heterocycles. The van der Waals surface area contributed by atoms with E-state index in [1.807, 2.05) is 13.0 Å². The molecule has 6 nitrogen and oxygen atoms in total. The second-order valence-corrected chi connectivity index (χ2v) is 9.12. The molecule has 1 fully saturated rings. The third kappa shape index (κ3) is 4.75. The Morgan fingerprint density at radius 3 is 2.43 bits per heavy atom. The first-order chi connectivity index (χ1) is 14.5. The van der Waals surface area contributed by atoms with Crippen molar-refractivity contribution in [3.8, 4) is 0 Å². The lowest BCUT2D eigenvalue weighted by Gasteiger charge is -2.32. The minimum Gasteiger partial charge on any atom is -0.321 e. The van der Waals surface area contributed by atoms with Gasteiger partial charge in [0, 0.05) is 11.3 Å². The van der Waals surface area contributed by atoms with Gasteiger partial charge in [-0.25, -0.2) is 4.98 Å². The highest BCUT2D eigenvalue weighted by Gasteiger charge is 2.31. The number of hydrogen-bond acceptors (Lipinski definition) is 4. The third-order valence-corrected chi connectivity index (χ3v) is 6.94. The number of carbonyl (C=O) groups is 2. The number of ketones is 1. The molecule has 0 unspecified atom stereocenters. The van der Waals surface area contributed by atoms with Crippen LogP contribution < -0.4 is 15.1 Å². The number of quaternary nitrogens is 2. The van der Waals surface area contributed by atoms with Crippen LogP contribution in [0.15, 0.2) is 48.5 Å². The van der Waals surface area contributed by atoms with Crippen LogP contribution in [0.25, 0.3) is 10.2 Å². The molecule has 0 bridgehead atoms. The van der Waals surface area contributed by atoms with Crippen LogP contribution in [-0.2, 0) is 11.3 Å². The Morgan fingerprint density at radius 2 is 1.77 bits per heavy atom. The summed E-state index contributed by atoms with van der Waals surface area (Å²) >= 11 is 1.78. The van der Waals surface area contributed by atoms with Crippen molar-refractivity contribution in [3.63, 3.8) is 0 Å². The summed E-state index contributed by atoms with van der Waals surface area (Å²) in [6.07, 6.45) is 0. The fourth-order valence-electron chi connectivity index (χ4n) is 3.97. The Labute approximate surface area is 180 Å². The summed E-state index contributed by atoms with van der Waals surface area (Å²) in [5.74, 6) is 0.0482. The van der Waals surface area contributed by atoms with E-state index < -0.39 is 0 Å². The zero-order chi connectivity index (χ0) is 21.1. The Kier molecular flexibility index (Phi) is 6.22. The van der Waals surface area contributed by atoms with Gasteiger partial charge in [-0.3, -0.25) is 9.59 Å². The smallest absolute Gasteiger partial charge is 0.282 e. The summed E-state index contributed by atoms with van der Waals surface area (Å²) in [5, 5.41) is 4.17. The topological polar surface area (TPSA) is 67.9 Å². The Morgan fingerprint density at radius 1 is 1.07 bits per heavy atom. The molecule has 0 saturated carbocycles. The third-order valence-electron chi connectivity index (χ3n) is 5.90. The van der Waals surface area contributed by atoms with Crippen molar-refractivity contribution in [1.82, 2.24) is 4.98 Å². The van der Waals surface area contributed by atoms with Crippen molar-refractivity contribution in [3.05, 3.63) is 59.1 Å². The summed E-state index contributed by atoms with van der Waals surface area (Å²) < 4.78 is 1.25. The van der Waals surface area contributed by atoms with Crippen molar-refractivity contribution in [1.29, 1.82) is 0 Å². The van der Waals surface area contributed by atoms with Crippen LogP contribution >= 0.6 is 11.3 Å². The van der Waals surface area contributed by atoms with Gasteiger partial charge in [0.05, 0.1) is 10.2 Å². The lowest BCUT2D eigenvalue weighted by Crippen LogP contribution is -3.29. The second kappa shape index (κ2) is 9.04. The Bertz CT molecular complexity index is 1010. The predicted octanol–water partition coefficient (Wildman–Crippen LogP) is 0.810. The van der Waals surface area contributed by atoms with Crippen LogP contribution in [0.1, 0.15) is 29.2 Å². The molecule has 1 atom stereocenters. The van der Waals surface area contributed by atoms with Gasteiger partial charge >= 0.3 is 0 Å². The zero-order valence-electron chi connectivity index (χ0n) is 17.4. The Balaban J connectivity index is 1.28. The predicted molar refractivity (Wildman–Crippen MR) is 119 cm³/mol. The number of carbonyl (C=O) groups excluding carboxylic acids is 2. The summed E-state index contributed by atoms with van der Waals surface area (Å²) in [6.45, 7) is 8.50. The highest BCUT2D eigenvalue weighted by atomic mass is 32.1. The van der Waals surface area contributed by atoms with Gasteiger partial charge in [-0.05, 0) is 50.2 Å². The SMILES string of the molecule is CC(=O)c1ccc(NC(=O)[C@@H](C)[NH+]2CC[NH+](Cc3nc4ccccc4s3)CC2)cc1. The number of anilines is 1. The van der Waals surface area contributed by atoms with Crippen molar-refractivity contribution >= 4 is 38.9 Å². The number of rotatable bonds is 6. The number of para-hydroxylation sites is 1. The molecule has 7 heteroatoms. The van der Waals surface area contributed by atoms with Gasteiger partial charge < -0.3 is 15.1 Å². The number of thiazole rings is 1. The number of benzene rings is 2. The molecule has 3 aromatic rings. The lowest BCUT2D eigenvalue weighted by molar-refractivity contribution is -1.02. The van der Waals surface area contributed by atoms with E-state index in [1.165, 1.54) is 26.4 Å². The molecule has 30 heavy (non-hydrogen) atoms. The van der Waals surface area contributed by atoms with Gasteiger partial charge in [-0.15, -0.1) is 11.3 Å². The maximum atomic E-state index is 12.7. The van der Waals surface area contributed by atoms with Gasteiger partial charge in [0.1, 0.15) is 37.7 Å². The lowest BCUT2D eigenvalue weighted by atomic mass is 10.1. The zero-order valence-corrected chi connectivity index (χ0v) is 18.2. The second-order valence-electron chi connectivity index (χ2n) is 8.00. The fourth-order valence-corrected chi connectivity index (χ4v) is 5.01. The van der Waals surface area contributed by atoms with E-state index in [1.54, 1.807) is 35.6 Å². The Hall–Kier alpha value is -2.61. The van der Waals surface area contributed by atoms with Gasteiger partial charge in [-0.2, -0.15) is 0 Å². The van der Waals surface area contributed by atoms with Gasteiger partial charge in [0.15, 0.2) is 11.8 Å². The molecular weight excluding hydrogens is 396 g/mol. The number of Topliss-reactive ketones (excluding diaryl/α,β-unsaturated/α-hetero) is 1. The molecule has 0 aliphatic carbocycles. The molecule has 1 aliphatic rings. The van der Waals surface area contributed by atoms with E-state index >= 15 is 0 Å². The van der Waals surface area contributed by atoms with Gasteiger partial charge in [-0.1, -0.05) is 12.1 Å². The molecule has 4 rings (SSSR count). The number of fused-ring (bicyclic) bond motifs is 1. The van der Waals surface area contributed by atoms with Crippen molar-refractivity contribution in [2.45, 2.75) is 26.4 Å². The molecule has 1 aliphatic heterocycles. The monoisotopic (exact) mass is 424 g/mol. The molecule has 3 N–H and O–H groups in total. The molecule has 1 amide bonds. The first kappa shape index (κ1) is 20.7. The maximum absolute atomic E-state index is 12.7. The van der Waals surface area contributed by atoms with E-state index in [0.717, 1.165) is 43.9 Å². The standard InChI is InChI=1S/C23H26N4O2S/c1-16(23(29)24-19-9-7-18(8-10-19)17(2)28)27-13-11-26(12-14-27)15-22-25-20-5-3-4-6-21(20)30-22/h3-10,16H,11-15H2,1-2H3,(H,24,29)/p+2/t16-/m1/s1. The van der Waals surface area contributed by atoms with Crippen LogP contribution in [0.5, 0.6) is 0 Å². The number of nitrogens with one attached hydrogen (secondary N) is 3. The molecule has 1 saturated heterocycles. The van der Waals surface area contributed by atoms with E-state index in [4.69, 9.17) is 4.98 Å². The van der Waals surface area contributed by atoms with E-state index in [0.29, 0.717) is 5.56 Å². The summed E-state index contributed by atoms with van der Waals surface area (Å²) in [5.41, 5.74) is 2.47. The number of nitrogens with zero attached hydrogens (tertiary/aromatic N) is 1. The minimum absolute atomic E-state index is 0.0233. The van der Waals surface area contributed by atoms with Crippen molar-refractivity contribution in [2.75, 3.05) is 31.5 Å². The molecule has 2 aromatic carbocycles. The first-order valence-corrected chi connectivity index (χ1v) is 11.3. The average Bonchev–Trinajstić information content (AvgIpc) is 3.16. The van der Waals surface area contributed by atoms with Crippen molar-refractivity contribution in [2.24, 2.45) is 0 Å². The average molecular weight is 425 g/mol. The van der Waals surface area contributed by atoms with Crippen LogP contribution in [-0.4, -0.2) is 48.9 Å². The fraction of sp³-hybridized carbons (Fsp3) is 0.348. The van der Waals surface area contributed by atoms with Crippen LogP contribution in [0.4, 0.5) is 5.69 Å². The van der Waals surface area contributed by atoms with Gasteiger partial charge in [0.2, 0.25) is 0 Å². The van der Waals surface area contributed by atoms with Crippen LogP contribution in [0.3, 0.4) is 0 Å². The summed E-state index contributed by atoms with van der Waals surface area (Å²) in [7, 11) is 0. The number of piperazine rings is 1. The highest BCUT2D eigenvalue weighted by Crippen LogP contribution is 2.20. The number of aromatic nitrogens is 1. The van der Waals surface area contributed by atoms with E-state index in [2.05, 4.69) is 23.5 Å². The minimum atomic E-state index is -0.110. The molecular formula is C23H28N4O2S+2. The normalized spacial score (nSPS) is 20.1. The van der Waals surface area contributed by atoms with E-state index in [9.17, 15) is 9.59 Å². The van der Waals surface area contributed by atoms with Crippen LogP contribution in [0.2, 0.25) is 0 Å². The largest absolute Gasteiger partial charge is 0.321 e. The molecule has 2 heterocycles. The highest BCUT2D eigenvalue weighted by molar-refractivity contribution is 7.18. The van der Waals surface area contributed by atoms with Crippen LogP contribution in [0, 0.1) is 0 Å². The van der Waals surface area contributed by atoms with Gasteiger partial charge in [0.25, 0.3) is 5.91 Å². The number of amides is 1.